The van der Waals surface area contributed by atoms with Gasteiger partial charge in [-0.1, -0.05) is 6.92 Å². The number of aliphatic hydroxyl groups excluding tert-OH is 1. The smallest absolute Gasteiger partial charge is 0.309 e. The molecule has 1 saturated heterocycles. The molecule has 0 bridgehead atoms. The van der Waals surface area contributed by atoms with Gasteiger partial charge in [-0.3, -0.25) is 9.59 Å². The van der Waals surface area contributed by atoms with Gasteiger partial charge in [0, 0.05) is 0 Å². The molecule has 0 aromatic carbocycles. The van der Waals surface area contributed by atoms with E-state index in [0.29, 0.717) is 25.7 Å². The SMILES string of the molecule is CC1(C(O)CCl)CCC2C(C)(CCC(C(C)(C)C(=O)O)C2(C)CC(=O)O)O1. The first-order chi connectivity index (χ1) is 12.2. The molecule has 156 valence electrons. The first-order valence-corrected chi connectivity index (χ1v) is 10.2. The fraction of sp³-hybridized carbons (Fsp3) is 0.900. The molecular formula is C20H33ClO6. The lowest BCUT2D eigenvalue weighted by Gasteiger charge is -2.63. The molecule has 27 heavy (non-hydrogen) atoms. The van der Waals surface area contributed by atoms with Crippen molar-refractivity contribution in [3.05, 3.63) is 0 Å². The average molecular weight is 405 g/mol. The van der Waals surface area contributed by atoms with Crippen LogP contribution in [0.5, 0.6) is 0 Å². The van der Waals surface area contributed by atoms with Crippen molar-refractivity contribution in [3.63, 3.8) is 0 Å². The van der Waals surface area contributed by atoms with Gasteiger partial charge in [0.05, 0.1) is 35.0 Å². The largest absolute Gasteiger partial charge is 0.481 e. The summed E-state index contributed by atoms with van der Waals surface area (Å²) in [7, 11) is 0. The van der Waals surface area contributed by atoms with Gasteiger partial charge < -0.3 is 20.1 Å². The summed E-state index contributed by atoms with van der Waals surface area (Å²) in [5.41, 5.74) is -3.18. The summed E-state index contributed by atoms with van der Waals surface area (Å²) in [5.74, 6) is -2.18. The van der Waals surface area contributed by atoms with Crippen molar-refractivity contribution in [2.75, 3.05) is 5.88 Å². The van der Waals surface area contributed by atoms with Gasteiger partial charge in [-0.2, -0.15) is 0 Å². The van der Waals surface area contributed by atoms with Crippen molar-refractivity contribution in [2.24, 2.45) is 22.7 Å². The van der Waals surface area contributed by atoms with E-state index in [2.05, 4.69) is 0 Å². The first kappa shape index (κ1) is 22.4. The Hall–Kier alpha value is -0.850. The summed E-state index contributed by atoms with van der Waals surface area (Å²) < 4.78 is 6.44. The van der Waals surface area contributed by atoms with E-state index in [1.165, 1.54) is 0 Å². The highest BCUT2D eigenvalue weighted by molar-refractivity contribution is 6.18. The molecule has 1 aliphatic heterocycles. The number of ether oxygens (including phenoxy) is 1. The van der Waals surface area contributed by atoms with Gasteiger partial charge in [0.1, 0.15) is 0 Å². The van der Waals surface area contributed by atoms with Crippen molar-refractivity contribution >= 4 is 23.5 Å². The number of carboxylic acid groups (broad SMARTS) is 2. The van der Waals surface area contributed by atoms with Crippen LogP contribution in [0.25, 0.3) is 0 Å². The highest BCUT2D eigenvalue weighted by atomic mass is 35.5. The molecule has 1 aliphatic carbocycles. The van der Waals surface area contributed by atoms with Crippen LogP contribution in [0.1, 0.15) is 66.7 Å². The highest BCUT2D eigenvalue weighted by Gasteiger charge is 2.63. The molecule has 2 rings (SSSR count). The van der Waals surface area contributed by atoms with Crippen LogP contribution >= 0.6 is 11.6 Å². The second-order valence-corrected chi connectivity index (χ2v) is 9.99. The Balaban J connectivity index is 2.47. The number of alkyl halides is 1. The number of hydrogen-bond donors (Lipinski definition) is 3. The lowest BCUT2D eigenvalue weighted by molar-refractivity contribution is -0.278. The van der Waals surface area contributed by atoms with Crippen LogP contribution in [0.15, 0.2) is 0 Å². The standard InChI is InChI=1S/C20H33ClO6/c1-17(2,16(25)26)12-6-8-19(4)13(18(12,3)10-15(23)24)7-9-20(5,27-19)14(22)11-21/h12-14,22H,6-11H2,1-5H3,(H,23,24)(H,25,26). The molecule has 0 aromatic heterocycles. The molecule has 2 fully saturated rings. The summed E-state index contributed by atoms with van der Waals surface area (Å²) in [6, 6.07) is 0. The second kappa shape index (κ2) is 7.20. The second-order valence-electron chi connectivity index (χ2n) is 9.68. The summed E-state index contributed by atoms with van der Waals surface area (Å²) in [6.07, 6.45) is 1.48. The fourth-order valence-electron chi connectivity index (χ4n) is 5.95. The average Bonchev–Trinajstić information content (AvgIpc) is 2.51. The predicted molar refractivity (Wildman–Crippen MR) is 102 cm³/mol. The Kier molecular flexibility index (Phi) is 5.98. The molecule has 7 heteroatoms. The van der Waals surface area contributed by atoms with Crippen molar-refractivity contribution in [1.29, 1.82) is 0 Å². The van der Waals surface area contributed by atoms with E-state index in [4.69, 9.17) is 16.3 Å². The Morgan fingerprint density at radius 2 is 1.78 bits per heavy atom. The van der Waals surface area contributed by atoms with E-state index in [0.717, 1.165) is 0 Å². The fourth-order valence-corrected chi connectivity index (χ4v) is 6.28. The number of aliphatic hydroxyl groups is 1. The Morgan fingerprint density at radius 3 is 2.26 bits per heavy atom. The maximum absolute atomic E-state index is 11.9. The third-order valence-electron chi connectivity index (χ3n) is 7.46. The number of carbonyl (C=O) groups is 2. The highest BCUT2D eigenvalue weighted by Crippen LogP contribution is 2.62. The van der Waals surface area contributed by atoms with E-state index in [9.17, 15) is 24.9 Å². The zero-order valence-electron chi connectivity index (χ0n) is 16.9. The molecular weight excluding hydrogens is 372 g/mol. The van der Waals surface area contributed by atoms with E-state index in [-0.39, 0.29) is 24.1 Å². The molecule has 0 amide bonds. The van der Waals surface area contributed by atoms with Crippen LogP contribution in [-0.2, 0) is 14.3 Å². The monoisotopic (exact) mass is 404 g/mol. The molecule has 0 aromatic rings. The maximum Gasteiger partial charge on any atom is 0.309 e. The van der Waals surface area contributed by atoms with E-state index in [1.807, 2.05) is 20.8 Å². The third kappa shape index (κ3) is 3.73. The minimum absolute atomic E-state index is 0.0678. The number of fused-ring (bicyclic) bond motifs is 1. The third-order valence-corrected chi connectivity index (χ3v) is 7.75. The van der Waals surface area contributed by atoms with Crippen LogP contribution in [0, 0.1) is 22.7 Å². The van der Waals surface area contributed by atoms with Crippen LogP contribution in [0.3, 0.4) is 0 Å². The van der Waals surface area contributed by atoms with Gasteiger partial charge in [-0.05, 0) is 70.6 Å². The molecule has 6 atom stereocenters. The molecule has 6 nitrogen and oxygen atoms in total. The number of hydrogen-bond acceptors (Lipinski definition) is 4. The molecule has 1 saturated carbocycles. The van der Waals surface area contributed by atoms with Crippen molar-refractivity contribution in [2.45, 2.75) is 84.0 Å². The summed E-state index contributed by atoms with van der Waals surface area (Å²) in [6.45, 7) is 9.10. The van der Waals surface area contributed by atoms with Gasteiger partial charge in [0.25, 0.3) is 0 Å². The molecule has 0 spiro atoms. The maximum atomic E-state index is 11.9. The van der Waals surface area contributed by atoms with Gasteiger partial charge in [-0.25, -0.2) is 0 Å². The molecule has 1 heterocycles. The molecule has 6 unspecified atom stereocenters. The predicted octanol–water partition coefficient (Wildman–Crippen LogP) is 3.53. The Bertz CT molecular complexity index is 607. The van der Waals surface area contributed by atoms with E-state index < -0.39 is 40.1 Å². The molecule has 0 radical (unpaired) electrons. The van der Waals surface area contributed by atoms with Crippen molar-refractivity contribution in [3.8, 4) is 0 Å². The Morgan fingerprint density at radius 1 is 1.19 bits per heavy atom. The number of rotatable bonds is 6. The number of halogens is 1. The van der Waals surface area contributed by atoms with Crippen LogP contribution in [-0.4, -0.2) is 50.4 Å². The van der Waals surface area contributed by atoms with Crippen LogP contribution in [0.2, 0.25) is 0 Å². The topological polar surface area (TPSA) is 104 Å². The number of carboxylic acids is 2. The lowest BCUT2D eigenvalue weighted by Crippen LogP contribution is -2.64. The van der Waals surface area contributed by atoms with Gasteiger partial charge in [-0.15, -0.1) is 11.6 Å². The Labute approximate surface area is 166 Å². The summed E-state index contributed by atoms with van der Waals surface area (Å²) >= 11 is 5.87. The van der Waals surface area contributed by atoms with E-state index >= 15 is 0 Å². The molecule has 3 N–H and O–H groups in total. The van der Waals surface area contributed by atoms with E-state index in [1.54, 1.807) is 13.8 Å². The quantitative estimate of drug-likeness (QED) is 0.585. The summed E-state index contributed by atoms with van der Waals surface area (Å²) in [5, 5.41) is 29.7. The van der Waals surface area contributed by atoms with Gasteiger partial charge >= 0.3 is 11.9 Å². The molecule has 2 aliphatic rings. The minimum atomic E-state index is -1.04. The number of aliphatic carboxylic acids is 2. The first-order valence-electron chi connectivity index (χ1n) is 9.62. The zero-order chi connectivity index (χ0) is 20.8. The van der Waals surface area contributed by atoms with Gasteiger partial charge in [0.15, 0.2) is 0 Å². The van der Waals surface area contributed by atoms with Crippen LogP contribution in [0.4, 0.5) is 0 Å². The summed E-state index contributed by atoms with van der Waals surface area (Å²) in [4.78, 5) is 23.7. The van der Waals surface area contributed by atoms with Crippen molar-refractivity contribution < 1.29 is 29.6 Å². The normalized spacial score (nSPS) is 40.9. The van der Waals surface area contributed by atoms with Crippen LogP contribution < -0.4 is 0 Å². The zero-order valence-corrected chi connectivity index (χ0v) is 17.7. The minimum Gasteiger partial charge on any atom is -0.481 e. The van der Waals surface area contributed by atoms with Gasteiger partial charge in [0.2, 0.25) is 0 Å². The van der Waals surface area contributed by atoms with Crippen molar-refractivity contribution in [1.82, 2.24) is 0 Å². The lowest BCUT2D eigenvalue weighted by atomic mass is 9.47.